The maximum atomic E-state index is 11.7. The monoisotopic (exact) mass is 271 g/mol. The Morgan fingerprint density at radius 1 is 1.61 bits per heavy atom. The van der Waals surface area contributed by atoms with E-state index in [1.165, 1.54) is 11.3 Å². The first-order chi connectivity index (χ1) is 8.28. The van der Waals surface area contributed by atoms with Crippen molar-refractivity contribution in [3.8, 4) is 0 Å². The molecule has 0 bridgehead atoms. The molecule has 0 saturated heterocycles. The number of aromatic nitrogens is 1. The van der Waals surface area contributed by atoms with Crippen LogP contribution in [-0.4, -0.2) is 53.7 Å². The maximum absolute atomic E-state index is 11.7. The number of nitrogens with one attached hydrogen (secondary N) is 1. The van der Waals surface area contributed by atoms with Gasteiger partial charge in [0.2, 0.25) is 5.91 Å². The molecule has 18 heavy (non-hydrogen) atoms. The zero-order valence-corrected chi connectivity index (χ0v) is 12.2. The summed E-state index contributed by atoms with van der Waals surface area (Å²) >= 11 is 1.53. The smallest absolute Gasteiger partial charge is 0.226 e. The third-order valence-electron chi connectivity index (χ3n) is 2.33. The summed E-state index contributed by atoms with van der Waals surface area (Å²) < 4.78 is 0. The van der Waals surface area contributed by atoms with Gasteiger partial charge in [0.15, 0.2) is 0 Å². The van der Waals surface area contributed by atoms with Crippen molar-refractivity contribution in [3.05, 3.63) is 16.1 Å². The first kappa shape index (κ1) is 15.1. The van der Waals surface area contributed by atoms with Gasteiger partial charge in [-0.25, -0.2) is 4.98 Å². The average Bonchev–Trinajstić information content (AvgIpc) is 2.59. The van der Waals surface area contributed by atoms with Gasteiger partial charge in [-0.1, -0.05) is 0 Å². The lowest BCUT2D eigenvalue weighted by molar-refractivity contribution is -0.121. The summed E-state index contributed by atoms with van der Waals surface area (Å²) in [7, 11) is 3.77. The Kier molecular flexibility index (Phi) is 5.25. The number of likely N-dealkylation sites (N-methyl/N-ethyl adjacent to an activating group) is 1. The number of thiazole rings is 1. The van der Waals surface area contributed by atoms with E-state index in [0.29, 0.717) is 6.54 Å². The van der Waals surface area contributed by atoms with E-state index in [2.05, 4.69) is 10.3 Å². The first-order valence-electron chi connectivity index (χ1n) is 5.83. The summed E-state index contributed by atoms with van der Waals surface area (Å²) in [6, 6.07) is 0. The van der Waals surface area contributed by atoms with Crippen molar-refractivity contribution in [2.24, 2.45) is 0 Å². The van der Waals surface area contributed by atoms with Gasteiger partial charge in [-0.2, -0.15) is 0 Å². The van der Waals surface area contributed by atoms with Crippen molar-refractivity contribution in [1.82, 2.24) is 15.2 Å². The standard InChI is InChI=1S/C12H21N3O2S/c1-9-14-10(6-18-9)5-11(16)13-7-12(2,17)8-15(3)4/h6,17H,5,7-8H2,1-4H3,(H,13,16). The second kappa shape index (κ2) is 6.26. The molecule has 1 unspecified atom stereocenters. The zero-order valence-electron chi connectivity index (χ0n) is 11.4. The largest absolute Gasteiger partial charge is 0.387 e. The molecular formula is C12H21N3O2S. The molecule has 0 aliphatic rings. The summed E-state index contributed by atoms with van der Waals surface area (Å²) in [4.78, 5) is 17.8. The number of nitrogens with zero attached hydrogens (tertiary/aromatic N) is 2. The molecule has 2 N–H and O–H groups in total. The first-order valence-corrected chi connectivity index (χ1v) is 6.71. The molecule has 0 saturated carbocycles. The Morgan fingerprint density at radius 2 is 2.28 bits per heavy atom. The maximum Gasteiger partial charge on any atom is 0.226 e. The quantitative estimate of drug-likeness (QED) is 0.787. The van der Waals surface area contributed by atoms with E-state index in [4.69, 9.17) is 0 Å². The minimum atomic E-state index is -0.919. The Hall–Kier alpha value is -0.980. The van der Waals surface area contributed by atoms with Gasteiger partial charge >= 0.3 is 0 Å². The zero-order chi connectivity index (χ0) is 13.8. The van der Waals surface area contributed by atoms with Crippen molar-refractivity contribution in [3.63, 3.8) is 0 Å². The van der Waals surface area contributed by atoms with E-state index in [1.54, 1.807) is 6.92 Å². The fraction of sp³-hybridized carbons (Fsp3) is 0.667. The van der Waals surface area contributed by atoms with Gasteiger partial charge in [-0.05, 0) is 27.9 Å². The van der Waals surface area contributed by atoms with Crippen LogP contribution in [0.2, 0.25) is 0 Å². The summed E-state index contributed by atoms with van der Waals surface area (Å²) in [5, 5.41) is 15.6. The number of carbonyl (C=O) groups excluding carboxylic acids is 1. The molecule has 1 amide bonds. The number of hydrogen-bond acceptors (Lipinski definition) is 5. The predicted molar refractivity (Wildman–Crippen MR) is 72.7 cm³/mol. The van der Waals surface area contributed by atoms with Crippen molar-refractivity contribution < 1.29 is 9.90 Å². The van der Waals surface area contributed by atoms with Crippen LogP contribution in [-0.2, 0) is 11.2 Å². The highest BCUT2D eigenvalue weighted by molar-refractivity contribution is 7.09. The van der Waals surface area contributed by atoms with Crippen molar-refractivity contribution >= 4 is 17.2 Å². The molecule has 0 spiro atoms. The van der Waals surface area contributed by atoms with Crippen LogP contribution in [0.5, 0.6) is 0 Å². The van der Waals surface area contributed by atoms with Gasteiger partial charge in [-0.3, -0.25) is 4.79 Å². The van der Waals surface area contributed by atoms with E-state index in [1.807, 2.05) is 31.3 Å². The van der Waals surface area contributed by atoms with Gasteiger partial charge in [0, 0.05) is 18.5 Å². The Bertz CT molecular complexity index is 402. The van der Waals surface area contributed by atoms with E-state index in [-0.39, 0.29) is 18.9 Å². The molecule has 1 aromatic heterocycles. The summed E-state index contributed by atoms with van der Waals surface area (Å²) in [6.45, 7) is 4.37. The summed E-state index contributed by atoms with van der Waals surface area (Å²) in [6.07, 6.45) is 0.266. The Morgan fingerprint density at radius 3 is 2.78 bits per heavy atom. The number of rotatable bonds is 6. The molecule has 1 heterocycles. The molecule has 0 aliphatic heterocycles. The summed E-state index contributed by atoms with van der Waals surface area (Å²) in [5.41, 5.74) is -0.140. The molecular weight excluding hydrogens is 250 g/mol. The molecule has 0 aromatic carbocycles. The lowest BCUT2D eigenvalue weighted by Gasteiger charge is -2.27. The topological polar surface area (TPSA) is 65.5 Å². The molecule has 1 rings (SSSR count). The van der Waals surface area contributed by atoms with Gasteiger partial charge in [-0.15, -0.1) is 11.3 Å². The number of amides is 1. The minimum Gasteiger partial charge on any atom is -0.387 e. The van der Waals surface area contributed by atoms with Crippen molar-refractivity contribution in [2.75, 3.05) is 27.2 Å². The highest BCUT2D eigenvalue weighted by atomic mass is 32.1. The van der Waals surface area contributed by atoms with Crippen LogP contribution in [0, 0.1) is 6.92 Å². The fourth-order valence-electron chi connectivity index (χ4n) is 1.74. The SMILES string of the molecule is Cc1nc(CC(=O)NCC(C)(O)CN(C)C)cs1. The molecule has 1 atom stereocenters. The number of hydrogen-bond donors (Lipinski definition) is 2. The second-order valence-corrected chi connectivity index (χ2v) is 6.11. The summed E-state index contributed by atoms with van der Waals surface area (Å²) in [5.74, 6) is -0.112. The highest BCUT2D eigenvalue weighted by Crippen LogP contribution is 2.08. The van der Waals surface area contributed by atoms with Gasteiger partial charge in [0.25, 0.3) is 0 Å². The van der Waals surface area contributed by atoms with Crippen LogP contribution in [0.25, 0.3) is 0 Å². The van der Waals surface area contributed by atoms with Gasteiger partial charge in [0.05, 0.1) is 22.7 Å². The number of aryl methyl sites for hydroxylation is 1. The van der Waals surface area contributed by atoms with Crippen LogP contribution in [0.15, 0.2) is 5.38 Å². The third kappa shape index (κ3) is 5.57. The predicted octanol–water partition coefficient (Wildman–Crippen LogP) is 0.423. The fourth-order valence-corrected chi connectivity index (χ4v) is 2.36. The van der Waals surface area contributed by atoms with Crippen LogP contribution in [0.4, 0.5) is 0 Å². The van der Waals surface area contributed by atoms with E-state index >= 15 is 0 Å². The molecule has 0 fully saturated rings. The number of carbonyl (C=O) groups is 1. The molecule has 6 heteroatoms. The van der Waals surface area contributed by atoms with E-state index in [0.717, 1.165) is 10.7 Å². The van der Waals surface area contributed by atoms with Gasteiger partial charge in [0.1, 0.15) is 0 Å². The lowest BCUT2D eigenvalue weighted by atomic mass is 10.1. The second-order valence-electron chi connectivity index (χ2n) is 5.05. The van der Waals surface area contributed by atoms with Crippen molar-refractivity contribution in [2.45, 2.75) is 25.9 Å². The van der Waals surface area contributed by atoms with Crippen LogP contribution in [0.3, 0.4) is 0 Å². The minimum absolute atomic E-state index is 0.112. The average molecular weight is 271 g/mol. The van der Waals surface area contributed by atoms with E-state index < -0.39 is 5.60 Å². The molecule has 5 nitrogen and oxygen atoms in total. The lowest BCUT2D eigenvalue weighted by Crippen LogP contribution is -2.47. The van der Waals surface area contributed by atoms with Crippen LogP contribution < -0.4 is 5.32 Å². The molecule has 1 aromatic rings. The third-order valence-corrected chi connectivity index (χ3v) is 3.15. The normalized spacial score (nSPS) is 14.6. The highest BCUT2D eigenvalue weighted by Gasteiger charge is 2.22. The molecule has 0 radical (unpaired) electrons. The van der Waals surface area contributed by atoms with Gasteiger partial charge < -0.3 is 15.3 Å². The van der Waals surface area contributed by atoms with Crippen molar-refractivity contribution in [1.29, 1.82) is 0 Å². The van der Waals surface area contributed by atoms with E-state index in [9.17, 15) is 9.90 Å². The Labute approximate surface area is 112 Å². The van der Waals surface area contributed by atoms with Crippen LogP contribution in [0.1, 0.15) is 17.6 Å². The molecule has 0 aliphatic carbocycles. The molecule has 102 valence electrons. The Balaban J connectivity index is 2.37. The number of aliphatic hydroxyl groups is 1. The van der Waals surface area contributed by atoms with Crippen LogP contribution >= 0.6 is 11.3 Å².